The molecule has 0 N–H and O–H groups in total. The second-order valence-electron chi connectivity index (χ2n) is 5.59. The molecular formula is C13H24OSi. The molecule has 0 aliphatic carbocycles. The SMILES string of the molecule is CC(C)(C)[Si](C)(C)C#CCCCCC=O. The van der Waals surface area contributed by atoms with E-state index in [1.54, 1.807) is 0 Å². The molecule has 0 aromatic rings. The number of carbonyl (C=O) groups is 1. The average molecular weight is 224 g/mol. The fourth-order valence-corrected chi connectivity index (χ4v) is 1.85. The summed E-state index contributed by atoms with van der Waals surface area (Å²) in [5.41, 5.74) is 3.48. The summed E-state index contributed by atoms with van der Waals surface area (Å²) in [6.07, 6.45) is 4.65. The van der Waals surface area contributed by atoms with Crippen LogP contribution in [0.5, 0.6) is 0 Å². The second kappa shape index (κ2) is 6.12. The fraction of sp³-hybridized carbons (Fsp3) is 0.769. The first-order valence-electron chi connectivity index (χ1n) is 5.75. The van der Waals surface area contributed by atoms with Crippen molar-refractivity contribution in [1.29, 1.82) is 0 Å². The lowest BCUT2D eigenvalue weighted by atomic mass is 10.2. The summed E-state index contributed by atoms with van der Waals surface area (Å²) in [6, 6.07) is 0. The molecule has 1 nitrogen and oxygen atoms in total. The molecule has 0 aliphatic rings. The van der Waals surface area contributed by atoms with Gasteiger partial charge < -0.3 is 4.79 Å². The largest absolute Gasteiger partial charge is 0.303 e. The highest BCUT2D eigenvalue weighted by Crippen LogP contribution is 2.35. The number of hydrogen-bond acceptors (Lipinski definition) is 1. The lowest BCUT2D eigenvalue weighted by Gasteiger charge is -2.31. The summed E-state index contributed by atoms with van der Waals surface area (Å²) in [6.45, 7) is 11.5. The highest BCUT2D eigenvalue weighted by Gasteiger charge is 2.33. The van der Waals surface area contributed by atoms with Gasteiger partial charge in [-0.25, -0.2) is 0 Å². The van der Waals surface area contributed by atoms with Crippen LogP contribution in [0.4, 0.5) is 0 Å². The Kier molecular flexibility index (Phi) is 5.90. The zero-order valence-electron chi connectivity index (χ0n) is 10.8. The van der Waals surface area contributed by atoms with Crippen LogP contribution in [0.1, 0.15) is 46.5 Å². The number of hydrogen-bond donors (Lipinski definition) is 0. The quantitative estimate of drug-likeness (QED) is 0.307. The molecule has 0 aromatic carbocycles. The van der Waals surface area contributed by atoms with Gasteiger partial charge in [-0.3, -0.25) is 0 Å². The molecule has 15 heavy (non-hydrogen) atoms. The molecule has 0 heterocycles. The Morgan fingerprint density at radius 1 is 1.20 bits per heavy atom. The van der Waals surface area contributed by atoms with Gasteiger partial charge in [0.15, 0.2) is 0 Å². The Morgan fingerprint density at radius 3 is 2.27 bits per heavy atom. The van der Waals surface area contributed by atoms with Crippen LogP contribution in [0.25, 0.3) is 0 Å². The van der Waals surface area contributed by atoms with Crippen LogP contribution in [0.3, 0.4) is 0 Å². The normalized spacial score (nSPS) is 11.8. The smallest absolute Gasteiger partial charge is 0.137 e. The highest BCUT2D eigenvalue weighted by molar-refractivity contribution is 6.87. The molecule has 0 saturated carbocycles. The van der Waals surface area contributed by atoms with Crippen molar-refractivity contribution < 1.29 is 4.79 Å². The molecule has 0 aromatic heterocycles. The molecular weight excluding hydrogens is 200 g/mol. The van der Waals surface area contributed by atoms with E-state index in [2.05, 4.69) is 45.3 Å². The topological polar surface area (TPSA) is 17.1 Å². The summed E-state index contributed by atoms with van der Waals surface area (Å²) >= 11 is 0. The van der Waals surface area contributed by atoms with Gasteiger partial charge >= 0.3 is 0 Å². The second-order valence-corrected chi connectivity index (χ2v) is 10.6. The van der Waals surface area contributed by atoms with Crippen LogP contribution >= 0.6 is 0 Å². The minimum Gasteiger partial charge on any atom is -0.303 e. The number of carbonyl (C=O) groups excluding carboxylic acids is 1. The van der Waals surface area contributed by atoms with E-state index in [4.69, 9.17) is 0 Å². The Morgan fingerprint density at radius 2 is 1.80 bits per heavy atom. The highest BCUT2D eigenvalue weighted by atomic mass is 28.3. The van der Waals surface area contributed by atoms with Gasteiger partial charge in [0.1, 0.15) is 14.4 Å². The zero-order valence-corrected chi connectivity index (χ0v) is 11.8. The first-order chi connectivity index (χ1) is 6.81. The Bertz CT molecular complexity index is 250. The maximum atomic E-state index is 10.1. The van der Waals surface area contributed by atoms with Gasteiger partial charge in [-0.05, 0) is 17.9 Å². The van der Waals surface area contributed by atoms with Crippen LogP contribution < -0.4 is 0 Å². The summed E-state index contributed by atoms with van der Waals surface area (Å²) < 4.78 is 0. The minimum atomic E-state index is -1.40. The van der Waals surface area contributed by atoms with Gasteiger partial charge in [0, 0.05) is 12.8 Å². The Labute approximate surface area is 95.7 Å². The molecule has 0 radical (unpaired) electrons. The van der Waals surface area contributed by atoms with E-state index in [-0.39, 0.29) is 0 Å². The van der Waals surface area contributed by atoms with E-state index >= 15 is 0 Å². The van der Waals surface area contributed by atoms with E-state index in [0.717, 1.165) is 25.5 Å². The molecule has 0 fully saturated rings. The van der Waals surface area contributed by atoms with Crippen LogP contribution in [0.2, 0.25) is 18.1 Å². The van der Waals surface area contributed by atoms with Gasteiger partial charge in [-0.2, -0.15) is 0 Å². The van der Waals surface area contributed by atoms with Gasteiger partial charge in [-0.1, -0.05) is 33.9 Å². The van der Waals surface area contributed by atoms with Crippen molar-refractivity contribution in [3.8, 4) is 11.5 Å². The third-order valence-corrected chi connectivity index (χ3v) is 7.70. The standard InChI is InChI=1S/C13H24OSi/c1-13(2,3)15(4,5)12-10-8-6-7-9-11-14/h11H,6-9H2,1-5H3. The molecule has 86 valence electrons. The van der Waals surface area contributed by atoms with Crippen LogP contribution in [-0.4, -0.2) is 14.4 Å². The maximum Gasteiger partial charge on any atom is 0.137 e. The number of unbranched alkanes of at least 4 members (excludes halogenated alkanes) is 3. The van der Waals surface area contributed by atoms with Gasteiger partial charge in [0.25, 0.3) is 0 Å². The molecule has 0 unspecified atom stereocenters. The van der Waals surface area contributed by atoms with Crippen LogP contribution in [0, 0.1) is 11.5 Å². The van der Waals surface area contributed by atoms with Crippen molar-refractivity contribution in [1.82, 2.24) is 0 Å². The first-order valence-corrected chi connectivity index (χ1v) is 8.75. The van der Waals surface area contributed by atoms with Crippen molar-refractivity contribution in [2.75, 3.05) is 0 Å². The minimum absolute atomic E-state index is 0.350. The summed E-state index contributed by atoms with van der Waals surface area (Å²) in [5.74, 6) is 3.29. The third-order valence-electron chi connectivity index (χ3n) is 3.15. The van der Waals surface area contributed by atoms with E-state index < -0.39 is 8.07 Å². The molecule has 0 spiro atoms. The van der Waals surface area contributed by atoms with E-state index in [1.165, 1.54) is 0 Å². The predicted octanol–water partition coefficient (Wildman–Crippen LogP) is 3.80. The van der Waals surface area contributed by atoms with Crippen molar-refractivity contribution >= 4 is 14.4 Å². The van der Waals surface area contributed by atoms with Gasteiger partial charge in [0.05, 0.1) is 0 Å². The molecule has 0 rings (SSSR count). The van der Waals surface area contributed by atoms with Crippen LogP contribution in [0.15, 0.2) is 0 Å². The van der Waals surface area contributed by atoms with Gasteiger partial charge in [0.2, 0.25) is 0 Å². The van der Waals surface area contributed by atoms with E-state index in [9.17, 15) is 4.79 Å². The third kappa shape index (κ3) is 5.79. The van der Waals surface area contributed by atoms with Crippen molar-refractivity contribution in [3.63, 3.8) is 0 Å². The van der Waals surface area contributed by atoms with E-state index in [1.807, 2.05) is 0 Å². The predicted molar refractivity (Wildman–Crippen MR) is 69.5 cm³/mol. The van der Waals surface area contributed by atoms with Crippen molar-refractivity contribution in [3.05, 3.63) is 0 Å². The number of rotatable bonds is 4. The maximum absolute atomic E-state index is 10.1. The number of aldehydes is 1. The Hall–Kier alpha value is -0.553. The van der Waals surface area contributed by atoms with Crippen LogP contribution in [-0.2, 0) is 4.79 Å². The summed E-state index contributed by atoms with van der Waals surface area (Å²) in [7, 11) is -1.40. The lowest BCUT2D eigenvalue weighted by Crippen LogP contribution is -2.35. The van der Waals surface area contributed by atoms with E-state index in [0.29, 0.717) is 11.5 Å². The Balaban J connectivity index is 4.00. The molecule has 0 amide bonds. The molecule has 2 heteroatoms. The van der Waals surface area contributed by atoms with Crippen molar-refractivity contribution in [2.45, 2.75) is 64.6 Å². The monoisotopic (exact) mass is 224 g/mol. The molecule has 0 saturated heterocycles. The molecule has 0 bridgehead atoms. The lowest BCUT2D eigenvalue weighted by molar-refractivity contribution is -0.107. The molecule has 0 aliphatic heterocycles. The molecule has 0 atom stereocenters. The van der Waals surface area contributed by atoms with Crippen molar-refractivity contribution in [2.24, 2.45) is 0 Å². The summed E-state index contributed by atoms with van der Waals surface area (Å²) in [4.78, 5) is 10.1. The average Bonchev–Trinajstić information content (AvgIpc) is 2.09. The fourth-order valence-electron chi connectivity index (χ4n) is 0.912. The first kappa shape index (κ1) is 14.4. The van der Waals surface area contributed by atoms with Gasteiger partial charge in [-0.15, -0.1) is 11.5 Å². The summed E-state index contributed by atoms with van der Waals surface area (Å²) in [5, 5.41) is 0.350. The zero-order chi connectivity index (χ0) is 11.9.